The summed E-state index contributed by atoms with van der Waals surface area (Å²) in [6.07, 6.45) is 0. The van der Waals surface area contributed by atoms with Gasteiger partial charge in [0.2, 0.25) is 0 Å². The van der Waals surface area contributed by atoms with Gasteiger partial charge in [0, 0.05) is 23.7 Å². The van der Waals surface area contributed by atoms with Gasteiger partial charge in [-0.1, -0.05) is 62.4 Å². The van der Waals surface area contributed by atoms with Crippen LogP contribution in [0.4, 0.5) is 5.69 Å². The van der Waals surface area contributed by atoms with Gasteiger partial charge in [-0.2, -0.15) is 0 Å². The van der Waals surface area contributed by atoms with Crippen molar-refractivity contribution in [3.05, 3.63) is 60.2 Å². The van der Waals surface area contributed by atoms with Crippen molar-refractivity contribution in [2.45, 2.75) is 19.8 Å². The number of aromatic nitrogens is 1. The molecule has 0 amide bonds. The number of nitrogens with one attached hydrogen (secondary N) is 1. The van der Waals surface area contributed by atoms with E-state index in [2.05, 4.69) is 67.7 Å². The molecule has 0 aliphatic carbocycles. The average Bonchev–Trinajstić information content (AvgIpc) is 2.53. The standard InChI is InChI=1S/C19H20N2/c1-13(2)15-10-7-11-16-18(20-3)12-17(21-19(15)16)14-8-5-4-6-9-14/h4-13H,1-3H3,(H,20,21). The zero-order valence-corrected chi connectivity index (χ0v) is 12.7. The summed E-state index contributed by atoms with van der Waals surface area (Å²) in [5.74, 6) is 0.455. The van der Waals surface area contributed by atoms with Gasteiger partial charge in [0.15, 0.2) is 0 Å². The number of para-hydroxylation sites is 1. The SMILES string of the molecule is CNc1cc(-c2ccccc2)nc2c(C(C)C)cccc12. The minimum Gasteiger partial charge on any atom is -0.388 e. The fourth-order valence-corrected chi connectivity index (χ4v) is 2.70. The van der Waals surface area contributed by atoms with Crippen LogP contribution < -0.4 is 5.32 Å². The van der Waals surface area contributed by atoms with E-state index < -0.39 is 0 Å². The number of nitrogens with zero attached hydrogens (tertiary/aromatic N) is 1. The highest BCUT2D eigenvalue weighted by molar-refractivity contribution is 5.95. The molecule has 1 N–H and O–H groups in total. The second-order valence-corrected chi connectivity index (χ2v) is 5.57. The van der Waals surface area contributed by atoms with Crippen LogP contribution in [0.1, 0.15) is 25.3 Å². The third-order valence-corrected chi connectivity index (χ3v) is 3.83. The molecule has 0 aliphatic heterocycles. The van der Waals surface area contributed by atoms with E-state index in [9.17, 15) is 0 Å². The molecule has 2 nitrogen and oxygen atoms in total. The number of fused-ring (bicyclic) bond motifs is 1. The first-order valence-electron chi connectivity index (χ1n) is 7.37. The first-order chi connectivity index (χ1) is 10.2. The van der Waals surface area contributed by atoms with Gasteiger partial charge in [0.05, 0.1) is 11.2 Å². The predicted molar refractivity (Wildman–Crippen MR) is 90.8 cm³/mol. The second kappa shape index (κ2) is 5.57. The van der Waals surface area contributed by atoms with Crippen LogP contribution in [0.2, 0.25) is 0 Å². The summed E-state index contributed by atoms with van der Waals surface area (Å²) in [6, 6.07) is 18.9. The van der Waals surface area contributed by atoms with Crippen LogP contribution in [0, 0.1) is 0 Å². The van der Waals surface area contributed by atoms with E-state index in [1.807, 2.05) is 13.1 Å². The Morgan fingerprint density at radius 2 is 1.71 bits per heavy atom. The molecule has 0 unspecified atom stereocenters. The molecule has 3 aromatic rings. The fourth-order valence-electron chi connectivity index (χ4n) is 2.70. The number of hydrogen-bond acceptors (Lipinski definition) is 2. The largest absolute Gasteiger partial charge is 0.388 e. The fraction of sp³-hybridized carbons (Fsp3) is 0.211. The zero-order chi connectivity index (χ0) is 14.8. The number of rotatable bonds is 3. The molecule has 0 aliphatic rings. The molecule has 21 heavy (non-hydrogen) atoms. The van der Waals surface area contributed by atoms with E-state index in [1.165, 1.54) is 10.9 Å². The smallest absolute Gasteiger partial charge is 0.0764 e. The van der Waals surface area contributed by atoms with Crippen molar-refractivity contribution in [2.75, 3.05) is 12.4 Å². The van der Waals surface area contributed by atoms with Crippen molar-refractivity contribution < 1.29 is 0 Å². The van der Waals surface area contributed by atoms with E-state index in [4.69, 9.17) is 4.98 Å². The Morgan fingerprint density at radius 3 is 2.38 bits per heavy atom. The minimum atomic E-state index is 0.455. The van der Waals surface area contributed by atoms with E-state index in [1.54, 1.807) is 0 Å². The highest BCUT2D eigenvalue weighted by Crippen LogP contribution is 2.32. The molecule has 2 aromatic carbocycles. The van der Waals surface area contributed by atoms with Crippen LogP contribution in [0.3, 0.4) is 0 Å². The number of pyridine rings is 1. The minimum absolute atomic E-state index is 0.455. The van der Waals surface area contributed by atoms with Crippen molar-refractivity contribution in [3.8, 4) is 11.3 Å². The Hall–Kier alpha value is -2.35. The molecule has 0 saturated heterocycles. The molecule has 0 atom stereocenters. The van der Waals surface area contributed by atoms with E-state index in [0.717, 1.165) is 22.5 Å². The maximum absolute atomic E-state index is 4.94. The molecule has 0 bridgehead atoms. The summed E-state index contributed by atoms with van der Waals surface area (Å²) in [5, 5.41) is 4.49. The Morgan fingerprint density at radius 1 is 0.952 bits per heavy atom. The molecule has 1 heterocycles. The van der Waals surface area contributed by atoms with Crippen LogP contribution in [0.5, 0.6) is 0 Å². The molecule has 0 spiro atoms. The monoisotopic (exact) mass is 276 g/mol. The molecule has 2 heteroatoms. The molecule has 3 rings (SSSR count). The van der Waals surface area contributed by atoms with Gasteiger partial charge in [-0.15, -0.1) is 0 Å². The Bertz CT molecular complexity index is 761. The molecule has 1 aromatic heterocycles. The van der Waals surface area contributed by atoms with Gasteiger partial charge in [0.25, 0.3) is 0 Å². The van der Waals surface area contributed by atoms with Gasteiger partial charge in [-0.3, -0.25) is 0 Å². The molecule has 0 fully saturated rings. The number of benzene rings is 2. The lowest BCUT2D eigenvalue weighted by Crippen LogP contribution is -1.98. The van der Waals surface area contributed by atoms with Crippen molar-refractivity contribution >= 4 is 16.6 Å². The first-order valence-corrected chi connectivity index (χ1v) is 7.37. The molecule has 0 radical (unpaired) electrons. The number of hydrogen-bond donors (Lipinski definition) is 1. The van der Waals surface area contributed by atoms with Gasteiger partial charge >= 0.3 is 0 Å². The summed E-state index contributed by atoms with van der Waals surface area (Å²) in [5.41, 5.74) is 5.68. The van der Waals surface area contributed by atoms with E-state index >= 15 is 0 Å². The van der Waals surface area contributed by atoms with Crippen LogP contribution >= 0.6 is 0 Å². The van der Waals surface area contributed by atoms with E-state index in [-0.39, 0.29) is 0 Å². The van der Waals surface area contributed by atoms with Crippen molar-refractivity contribution in [1.82, 2.24) is 4.98 Å². The second-order valence-electron chi connectivity index (χ2n) is 5.57. The lowest BCUT2D eigenvalue weighted by atomic mass is 9.98. The van der Waals surface area contributed by atoms with Gasteiger partial charge in [-0.05, 0) is 17.5 Å². The Balaban J connectivity index is 2.32. The zero-order valence-electron chi connectivity index (χ0n) is 12.7. The lowest BCUT2D eigenvalue weighted by molar-refractivity contribution is 0.873. The predicted octanol–water partition coefficient (Wildman–Crippen LogP) is 5.07. The summed E-state index contributed by atoms with van der Waals surface area (Å²) < 4.78 is 0. The summed E-state index contributed by atoms with van der Waals surface area (Å²) in [4.78, 5) is 4.94. The maximum atomic E-state index is 4.94. The average molecular weight is 276 g/mol. The third kappa shape index (κ3) is 2.49. The Labute approximate surface area is 125 Å². The first kappa shape index (κ1) is 13.6. The van der Waals surface area contributed by atoms with Gasteiger partial charge < -0.3 is 5.32 Å². The summed E-state index contributed by atoms with van der Waals surface area (Å²) in [6.45, 7) is 4.43. The van der Waals surface area contributed by atoms with Gasteiger partial charge in [-0.25, -0.2) is 4.98 Å². The van der Waals surface area contributed by atoms with Crippen LogP contribution in [-0.4, -0.2) is 12.0 Å². The summed E-state index contributed by atoms with van der Waals surface area (Å²) in [7, 11) is 1.96. The lowest BCUT2D eigenvalue weighted by Gasteiger charge is -2.14. The molecule has 0 saturated carbocycles. The van der Waals surface area contributed by atoms with Crippen LogP contribution in [0.25, 0.3) is 22.2 Å². The van der Waals surface area contributed by atoms with Crippen molar-refractivity contribution in [3.63, 3.8) is 0 Å². The molecule has 106 valence electrons. The normalized spacial score (nSPS) is 11.0. The van der Waals surface area contributed by atoms with E-state index in [0.29, 0.717) is 5.92 Å². The molecular weight excluding hydrogens is 256 g/mol. The summed E-state index contributed by atoms with van der Waals surface area (Å²) >= 11 is 0. The van der Waals surface area contributed by atoms with Crippen LogP contribution in [-0.2, 0) is 0 Å². The topological polar surface area (TPSA) is 24.9 Å². The number of anilines is 1. The Kier molecular flexibility index (Phi) is 3.61. The highest BCUT2D eigenvalue weighted by Gasteiger charge is 2.11. The quantitative estimate of drug-likeness (QED) is 0.722. The third-order valence-electron chi connectivity index (χ3n) is 3.83. The van der Waals surface area contributed by atoms with Crippen molar-refractivity contribution in [1.29, 1.82) is 0 Å². The van der Waals surface area contributed by atoms with Crippen molar-refractivity contribution in [2.24, 2.45) is 0 Å². The van der Waals surface area contributed by atoms with Crippen LogP contribution in [0.15, 0.2) is 54.6 Å². The highest BCUT2D eigenvalue weighted by atomic mass is 14.8. The molecular formula is C19H20N2. The van der Waals surface area contributed by atoms with Gasteiger partial charge in [0.1, 0.15) is 0 Å². The maximum Gasteiger partial charge on any atom is 0.0764 e.